The number of anilines is 2. The van der Waals surface area contributed by atoms with Gasteiger partial charge in [0.25, 0.3) is 0 Å². The summed E-state index contributed by atoms with van der Waals surface area (Å²) in [6.07, 6.45) is 2.50. The van der Waals surface area contributed by atoms with Gasteiger partial charge in [-0.2, -0.15) is 11.8 Å². The topological polar surface area (TPSA) is 38.0 Å². The Kier molecular flexibility index (Phi) is 3.41. The van der Waals surface area contributed by atoms with E-state index in [0.29, 0.717) is 6.04 Å². The zero-order valence-corrected chi connectivity index (χ0v) is 9.94. The second-order valence-corrected chi connectivity index (χ2v) is 5.29. The lowest BCUT2D eigenvalue weighted by Gasteiger charge is -2.25. The fraction of sp³-hybridized carbons (Fsp3) is 0.500. The molecular formula is C12H18N2S. The minimum absolute atomic E-state index is 0.606. The predicted octanol–water partition coefficient (Wildman–Crippen LogP) is 2.88. The molecule has 1 aliphatic rings. The van der Waals surface area contributed by atoms with Crippen LogP contribution >= 0.6 is 11.8 Å². The number of hydrogen-bond donors (Lipinski definition) is 2. The van der Waals surface area contributed by atoms with Crippen molar-refractivity contribution in [3.05, 3.63) is 23.8 Å². The lowest BCUT2D eigenvalue weighted by Crippen LogP contribution is -2.25. The minimum atomic E-state index is 0.606. The van der Waals surface area contributed by atoms with E-state index in [2.05, 4.69) is 18.3 Å². The van der Waals surface area contributed by atoms with Gasteiger partial charge < -0.3 is 11.1 Å². The van der Waals surface area contributed by atoms with Crippen LogP contribution in [0.1, 0.15) is 18.4 Å². The first-order valence-electron chi connectivity index (χ1n) is 5.47. The number of nitrogen functional groups attached to an aromatic ring is 1. The summed E-state index contributed by atoms with van der Waals surface area (Å²) in [6, 6.07) is 6.69. The van der Waals surface area contributed by atoms with Crippen LogP contribution < -0.4 is 11.1 Å². The molecule has 0 spiro atoms. The van der Waals surface area contributed by atoms with Crippen molar-refractivity contribution >= 4 is 23.1 Å². The second-order valence-electron chi connectivity index (χ2n) is 4.07. The van der Waals surface area contributed by atoms with Gasteiger partial charge in [0.05, 0.1) is 11.4 Å². The van der Waals surface area contributed by atoms with Crippen molar-refractivity contribution in [3.8, 4) is 0 Å². The molecular weight excluding hydrogens is 204 g/mol. The molecule has 0 amide bonds. The molecule has 0 unspecified atom stereocenters. The fourth-order valence-electron chi connectivity index (χ4n) is 1.93. The number of rotatable bonds is 2. The molecule has 3 N–H and O–H groups in total. The zero-order chi connectivity index (χ0) is 10.7. The average Bonchev–Trinajstić information content (AvgIpc) is 2.25. The molecule has 2 rings (SSSR count). The van der Waals surface area contributed by atoms with Gasteiger partial charge >= 0.3 is 0 Å². The van der Waals surface area contributed by atoms with Gasteiger partial charge in [-0.3, -0.25) is 0 Å². The molecule has 1 aromatic carbocycles. The summed E-state index contributed by atoms with van der Waals surface area (Å²) < 4.78 is 0. The molecule has 2 nitrogen and oxygen atoms in total. The molecule has 0 aromatic heterocycles. The van der Waals surface area contributed by atoms with Crippen LogP contribution in [0, 0.1) is 6.92 Å². The first-order valence-corrected chi connectivity index (χ1v) is 6.62. The Balaban J connectivity index is 2.09. The number of nitrogens with one attached hydrogen (secondary N) is 1. The highest BCUT2D eigenvalue weighted by molar-refractivity contribution is 7.99. The Bertz CT molecular complexity index is 312. The van der Waals surface area contributed by atoms with Crippen molar-refractivity contribution in [1.29, 1.82) is 0 Å². The van der Waals surface area contributed by atoms with E-state index in [-0.39, 0.29) is 0 Å². The molecule has 1 aliphatic heterocycles. The Labute approximate surface area is 95.6 Å². The second kappa shape index (κ2) is 4.79. The number of para-hydroxylation sites is 1. The first-order chi connectivity index (χ1) is 7.27. The van der Waals surface area contributed by atoms with Gasteiger partial charge in [-0.05, 0) is 42.9 Å². The maximum atomic E-state index is 5.97. The third kappa shape index (κ3) is 2.59. The Hall–Kier alpha value is -0.830. The number of aryl methyl sites for hydroxylation is 1. The van der Waals surface area contributed by atoms with Crippen LogP contribution in [0.3, 0.4) is 0 Å². The molecule has 0 aliphatic carbocycles. The molecule has 1 fully saturated rings. The van der Waals surface area contributed by atoms with Crippen molar-refractivity contribution in [1.82, 2.24) is 0 Å². The van der Waals surface area contributed by atoms with E-state index in [1.807, 2.05) is 23.9 Å². The normalized spacial score (nSPS) is 17.7. The quantitative estimate of drug-likeness (QED) is 0.756. The molecule has 3 heteroatoms. The number of thioether (sulfide) groups is 1. The Morgan fingerprint density at radius 2 is 2.07 bits per heavy atom. The van der Waals surface area contributed by atoms with Gasteiger partial charge in [0.2, 0.25) is 0 Å². The molecule has 1 saturated heterocycles. The zero-order valence-electron chi connectivity index (χ0n) is 9.12. The maximum Gasteiger partial charge on any atom is 0.0605 e. The summed E-state index contributed by atoms with van der Waals surface area (Å²) in [4.78, 5) is 0. The van der Waals surface area contributed by atoms with Crippen molar-refractivity contribution in [3.63, 3.8) is 0 Å². The van der Waals surface area contributed by atoms with Crippen molar-refractivity contribution in [2.45, 2.75) is 25.8 Å². The monoisotopic (exact) mass is 222 g/mol. The van der Waals surface area contributed by atoms with Crippen molar-refractivity contribution < 1.29 is 0 Å². The van der Waals surface area contributed by atoms with E-state index in [1.165, 1.54) is 29.9 Å². The summed E-state index contributed by atoms with van der Waals surface area (Å²) in [5, 5.41) is 3.58. The fourth-order valence-corrected chi connectivity index (χ4v) is 3.04. The highest BCUT2D eigenvalue weighted by Crippen LogP contribution is 2.27. The van der Waals surface area contributed by atoms with Crippen LogP contribution in [0.5, 0.6) is 0 Å². The molecule has 0 atom stereocenters. The summed E-state index contributed by atoms with van der Waals surface area (Å²) in [6.45, 7) is 2.11. The van der Waals surface area contributed by atoms with Crippen molar-refractivity contribution in [2.75, 3.05) is 22.6 Å². The van der Waals surface area contributed by atoms with Crippen LogP contribution in [0.25, 0.3) is 0 Å². The minimum Gasteiger partial charge on any atom is -0.397 e. The van der Waals surface area contributed by atoms with Gasteiger partial charge in [0, 0.05) is 6.04 Å². The summed E-state index contributed by atoms with van der Waals surface area (Å²) in [7, 11) is 0. The molecule has 0 radical (unpaired) electrons. The smallest absolute Gasteiger partial charge is 0.0605 e. The standard InChI is InChI=1S/C12H18N2S/c1-9-3-2-4-11(13)12(9)14-10-5-7-15-8-6-10/h2-4,10,14H,5-8,13H2,1H3. The van der Waals surface area contributed by atoms with E-state index >= 15 is 0 Å². The third-order valence-electron chi connectivity index (χ3n) is 2.87. The van der Waals surface area contributed by atoms with E-state index in [9.17, 15) is 0 Å². The summed E-state index contributed by atoms with van der Waals surface area (Å²) >= 11 is 2.05. The Morgan fingerprint density at radius 1 is 1.33 bits per heavy atom. The van der Waals surface area contributed by atoms with E-state index in [4.69, 9.17) is 5.73 Å². The number of hydrogen-bond acceptors (Lipinski definition) is 3. The lowest BCUT2D eigenvalue weighted by atomic mass is 10.1. The molecule has 0 bridgehead atoms. The van der Waals surface area contributed by atoms with E-state index in [1.54, 1.807) is 0 Å². The van der Waals surface area contributed by atoms with Gasteiger partial charge in [-0.25, -0.2) is 0 Å². The molecule has 82 valence electrons. The molecule has 15 heavy (non-hydrogen) atoms. The van der Waals surface area contributed by atoms with Gasteiger partial charge in [-0.15, -0.1) is 0 Å². The molecule has 0 saturated carbocycles. The summed E-state index contributed by atoms with van der Waals surface area (Å²) in [5.41, 5.74) is 9.22. The van der Waals surface area contributed by atoms with Crippen LogP contribution in [0.2, 0.25) is 0 Å². The van der Waals surface area contributed by atoms with Crippen LogP contribution in [0.15, 0.2) is 18.2 Å². The molecule has 1 heterocycles. The number of benzene rings is 1. The Morgan fingerprint density at radius 3 is 2.73 bits per heavy atom. The van der Waals surface area contributed by atoms with Crippen LogP contribution in [-0.4, -0.2) is 17.5 Å². The highest BCUT2D eigenvalue weighted by Gasteiger charge is 2.14. The summed E-state index contributed by atoms with van der Waals surface area (Å²) in [5.74, 6) is 2.53. The van der Waals surface area contributed by atoms with Crippen LogP contribution in [0.4, 0.5) is 11.4 Å². The average molecular weight is 222 g/mol. The van der Waals surface area contributed by atoms with Crippen LogP contribution in [-0.2, 0) is 0 Å². The van der Waals surface area contributed by atoms with E-state index in [0.717, 1.165) is 11.4 Å². The lowest BCUT2D eigenvalue weighted by molar-refractivity contribution is 0.666. The van der Waals surface area contributed by atoms with Crippen molar-refractivity contribution in [2.24, 2.45) is 0 Å². The first kappa shape index (κ1) is 10.7. The predicted molar refractivity (Wildman–Crippen MR) is 69.6 cm³/mol. The number of nitrogens with two attached hydrogens (primary N) is 1. The van der Waals surface area contributed by atoms with Gasteiger partial charge in [0.1, 0.15) is 0 Å². The van der Waals surface area contributed by atoms with Gasteiger partial charge in [0.15, 0.2) is 0 Å². The molecule has 1 aromatic rings. The SMILES string of the molecule is Cc1cccc(N)c1NC1CCSCC1. The van der Waals surface area contributed by atoms with E-state index < -0.39 is 0 Å². The third-order valence-corrected chi connectivity index (χ3v) is 3.92. The maximum absolute atomic E-state index is 5.97. The highest BCUT2D eigenvalue weighted by atomic mass is 32.2. The largest absolute Gasteiger partial charge is 0.397 e. The van der Waals surface area contributed by atoms with Gasteiger partial charge in [-0.1, -0.05) is 12.1 Å².